The second-order valence-electron chi connectivity index (χ2n) is 3.04. The van der Waals surface area contributed by atoms with Gasteiger partial charge in [-0.3, -0.25) is 0 Å². The molecule has 0 aromatic heterocycles. The maximum Gasteiger partial charge on any atom is 0.119 e. The van der Waals surface area contributed by atoms with Crippen molar-refractivity contribution in [1.82, 2.24) is 0 Å². The number of nitrogens with two attached hydrogens (primary N) is 1. The molecule has 78 valence electrons. The van der Waals surface area contributed by atoms with Gasteiger partial charge in [0, 0.05) is 18.0 Å². The van der Waals surface area contributed by atoms with E-state index < -0.39 is 0 Å². The van der Waals surface area contributed by atoms with Crippen LogP contribution in [0.5, 0.6) is 11.5 Å². The first kappa shape index (κ1) is 10.8. The van der Waals surface area contributed by atoms with E-state index in [-0.39, 0.29) is 24.8 Å². The number of benzene rings is 1. The van der Waals surface area contributed by atoms with Crippen molar-refractivity contribution in [3.05, 3.63) is 23.8 Å². The fourth-order valence-electron chi connectivity index (χ4n) is 1.29. The number of aromatic hydroxyl groups is 1. The molecule has 0 amide bonds. The number of ether oxygens (including phenoxy) is 1. The zero-order valence-electron chi connectivity index (χ0n) is 8.10. The third-order valence-electron chi connectivity index (χ3n) is 2.18. The number of hydrogen-bond acceptors (Lipinski definition) is 4. The van der Waals surface area contributed by atoms with Crippen molar-refractivity contribution >= 4 is 0 Å². The average molecular weight is 197 g/mol. The minimum Gasteiger partial charge on any atom is -0.508 e. The van der Waals surface area contributed by atoms with Crippen LogP contribution in [0.15, 0.2) is 18.2 Å². The third-order valence-corrected chi connectivity index (χ3v) is 2.18. The molecule has 0 spiro atoms. The summed E-state index contributed by atoms with van der Waals surface area (Å²) in [5, 5.41) is 18.6. The smallest absolute Gasteiger partial charge is 0.119 e. The van der Waals surface area contributed by atoms with E-state index in [1.54, 1.807) is 19.2 Å². The van der Waals surface area contributed by atoms with Crippen molar-refractivity contribution in [3.63, 3.8) is 0 Å². The molecule has 1 unspecified atom stereocenters. The zero-order valence-corrected chi connectivity index (χ0v) is 8.10. The first-order valence-corrected chi connectivity index (χ1v) is 4.40. The summed E-state index contributed by atoms with van der Waals surface area (Å²) in [4.78, 5) is 0. The van der Waals surface area contributed by atoms with Crippen LogP contribution in [0.4, 0.5) is 0 Å². The van der Waals surface area contributed by atoms with E-state index in [1.807, 2.05) is 0 Å². The van der Waals surface area contributed by atoms with E-state index in [0.717, 1.165) is 0 Å². The summed E-state index contributed by atoms with van der Waals surface area (Å²) < 4.78 is 5.02. The molecule has 0 aliphatic carbocycles. The lowest BCUT2D eigenvalue weighted by atomic mass is 9.99. The van der Waals surface area contributed by atoms with Crippen molar-refractivity contribution < 1.29 is 14.9 Å². The number of methoxy groups -OCH3 is 1. The largest absolute Gasteiger partial charge is 0.508 e. The minimum absolute atomic E-state index is 0.0861. The van der Waals surface area contributed by atoms with Gasteiger partial charge in [0.05, 0.1) is 13.7 Å². The Morgan fingerprint density at radius 3 is 2.71 bits per heavy atom. The van der Waals surface area contributed by atoms with Crippen molar-refractivity contribution in [1.29, 1.82) is 0 Å². The molecule has 1 aromatic rings. The fourth-order valence-corrected chi connectivity index (χ4v) is 1.29. The van der Waals surface area contributed by atoms with Crippen LogP contribution in [0.1, 0.15) is 11.5 Å². The zero-order chi connectivity index (χ0) is 10.6. The highest BCUT2D eigenvalue weighted by Crippen LogP contribution is 2.28. The normalized spacial score (nSPS) is 12.5. The monoisotopic (exact) mass is 197 g/mol. The van der Waals surface area contributed by atoms with Crippen LogP contribution in [-0.2, 0) is 0 Å². The van der Waals surface area contributed by atoms with E-state index in [0.29, 0.717) is 11.3 Å². The lowest BCUT2D eigenvalue weighted by molar-refractivity contribution is 0.264. The molecule has 14 heavy (non-hydrogen) atoms. The summed E-state index contributed by atoms with van der Waals surface area (Å²) in [6, 6.07) is 4.87. The van der Waals surface area contributed by atoms with Gasteiger partial charge in [-0.1, -0.05) is 0 Å². The predicted octanol–water partition coefficient (Wildman–Crippen LogP) is 0.435. The van der Waals surface area contributed by atoms with E-state index in [1.165, 1.54) is 6.07 Å². The molecular weight excluding hydrogens is 182 g/mol. The molecule has 0 aliphatic heterocycles. The SMILES string of the molecule is COc1ccc(O)c(C(CN)CO)c1. The highest BCUT2D eigenvalue weighted by Gasteiger charge is 2.13. The summed E-state index contributed by atoms with van der Waals surface area (Å²) in [7, 11) is 1.55. The molecule has 0 bridgehead atoms. The summed E-state index contributed by atoms with van der Waals surface area (Å²) >= 11 is 0. The lowest BCUT2D eigenvalue weighted by Gasteiger charge is -2.14. The predicted molar refractivity (Wildman–Crippen MR) is 53.5 cm³/mol. The Bertz CT molecular complexity index is 297. The van der Waals surface area contributed by atoms with Crippen molar-refractivity contribution in [2.75, 3.05) is 20.3 Å². The summed E-state index contributed by atoms with van der Waals surface area (Å²) in [6.07, 6.45) is 0. The van der Waals surface area contributed by atoms with Gasteiger partial charge in [0.2, 0.25) is 0 Å². The second-order valence-corrected chi connectivity index (χ2v) is 3.04. The average Bonchev–Trinajstić information content (AvgIpc) is 2.22. The summed E-state index contributed by atoms with van der Waals surface area (Å²) in [5.41, 5.74) is 6.08. The summed E-state index contributed by atoms with van der Waals surface area (Å²) in [5.74, 6) is 0.533. The van der Waals surface area contributed by atoms with E-state index >= 15 is 0 Å². The van der Waals surface area contributed by atoms with Gasteiger partial charge >= 0.3 is 0 Å². The maximum atomic E-state index is 9.54. The molecule has 4 heteroatoms. The van der Waals surface area contributed by atoms with Gasteiger partial charge in [-0.2, -0.15) is 0 Å². The minimum atomic E-state index is -0.245. The van der Waals surface area contributed by atoms with Crippen LogP contribution in [0.2, 0.25) is 0 Å². The number of phenolic OH excluding ortho intramolecular Hbond substituents is 1. The Kier molecular flexibility index (Phi) is 3.73. The molecule has 0 radical (unpaired) electrons. The van der Waals surface area contributed by atoms with Crippen LogP contribution in [0.3, 0.4) is 0 Å². The van der Waals surface area contributed by atoms with Crippen LogP contribution in [0.25, 0.3) is 0 Å². The van der Waals surface area contributed by atoms with Gasteiger partial charge in [-0.05, 0) is 18.2 Å². The van der Waals surface area contributed by atoms with Gasteiger partial charge in [0.1, 0.15) is 11.5 Å². The van der Waals surface area contributed by atoms with Gasteiger partial charge < -0.3 is 20.7 Å². The Morgan fingerprint density at radius 1 is 1.50 bits per heavy atom. The van der Waals surface area contributed by atoms with E-state index in [4.69, 9.17) is 15.6 Å². The number of hydrogen-bond donors (Lipinski definition) is 3. The second kappa shape index (κ2) is 4.83. The van der Waals surface area contributed by atoms with Crippen molar-refractivity contribution in [2.24, 2.45) is 5.73 Å². The standard InChI is InChI=1S/C10H15NO3/c1-14-8-2-3-10(13)9(4-8)7(5-11)6-12/h2-4,7,12-13H,5-6,11H2,1H3. The van der Waals surface area contributed by atoms with Crippen LogP contribution in [-0.4, -0.2) is 30.5 Å². The molecule has 0 aliphatic rings. The molecule has 4 nitrogen and oxygen atoms in total. The number of phenols is 1. The molecule has 0 fully saturated rings. The molecule has 4 N–H and O–H groups in total. The van der Waals surface area contributed by atoms with Crippen LogP contribution >= 0.6 is 0 Å². The topological polar surface area (TPSA) is 75.7 Å². The van der Waals surface area contributed by atoms with Crippen molar-refractivity contribution in [3.8, 4) is 11.5 Å². The van der Waals surface area contributed by atoms with Gasteiger partial charge in [-0.25, -0.2) is 0 Å². The van der Waals surface area contributed by atoms with Gasteiger partial charge in [-0.15, -0.1) is 0 Å². The number of aliphatic hydroxyl groups is 1. The first-order chi connectivity index (χ1) is 6.72. The Hall–Kier alpha value is -1.26. The maximum absolute atomic E-state index is 9.54. The highest BCUT2D eigenvalue weighted by atomic mass is 16.5. The summed E-state index contributed by atoms with van der Waals surface area (Å²) in [6.45, 7) is 0.203. The van der Waals surface area contributed by atoms with Crippen molar-refractivity contribution in [2.45, 2.75) is 5.92 Å². The Labute approximate surface area is 82.9 Å². The van der Waals surface area contributed by atoms with E-state index in [2.05, 4.69) is 0 Å². The molecule has 1 aromatic carbocycles. The van der Waals surface area contributed by atoms with Gasteiger partial charge in [0.25, 0.3) is 0 Å². The quantitative estimate of drug-likeness (QED) is 0.654. The highest BCUT2D eigenvalue weighted by molar-refractivity contribution is 5.41. The molecular formula is C10H15NO3. The van der Waals surface area contributed by atoms with Gasteiger partial charge in [0.15, 0.2) is 0 Å². The molecule has 1 atom stereocenters. The third kappa shape index (κ3) is 2.16. The number of aliphatic hydroxyl groups excluding tert-OH is 1. The fraction of sp³-hybridized carbons (Fsp3) is 0.400. The molecule has 0 saturated heterocycles. The Morgan fingerprint density at radius 2 is 2.21 bits per heavy atom. The van der Waals surface area contributed by atoms with E-state index in [9.17, 15) is 5.11 Å². The number of rotatable bonds is 4. The Balaban J connectivity index is 3.04. The molecule has 0 heterocycles. The first-order valence-electron chi connectivity index (χ1n) is 4.40. The molecule has 1 rings (SSSR count). The lowest BCUT2D eigenvalue weighted by Crippen LogP contribution is -2.16. The molecule has 0 saturated carbocycles. The van der Waals surface area contributed by atoms with Crippen LogP contribution in [0, 0.1) is 0 Å². The van der Waals surface area contributed by atoms with Crippen LogP contribution < -0.4 is 10.5 Å².